The number of unbranched alkanes of at least 4 members (excludes halogenated alkanes) is 57. The Morgan fingerprint density at radius 3 is 0.636 bits per heavy atom. The van der Waals surface area contributed by atoms with Gasteiger partial charge in [-0.3, -0.25) is 37.3 Å². The predicted molar refractivity (Wildman–Crippen MR) is 442 cm³/mol. The van der Waals surface area contributed by atoms with Gasteiger partial charge in [0.1, 0.15) is 19.3 Å². The van der Waals surface area contributed by atoms with Crippen molar-refractivity contribution in [3.8, 4) is 0 Å². The van der Waals surface area contributed by atoms with Crippen molar-refractivity contribution in [2.45, 2.75) is 490 Å². The molecule has 19 heteroatoms. The van der Waals surface area contributed by atoms with E-state index in [4.69, 9.17) is 37.0 Å². The minimum absolute atomic E-state index is 0.108. The second-order valence-corrected chi connectivity index (χ2v) is 35.5. The number of phosphoric acid groups is 2. The summed E-state index contributed by atoms with van der Waals surface area (Å²) < 4.78 is 68.9. The van der Waals surface area contributed by atoms with Crippen LogP contribution in [0.1, 0.15) is 472 Å². The van der Waals surface area contributed by atoms with Crippen molar-refractivity contribution < 1.29 is 80.2 Å². The molecule has 0 spiro atoms. The number of hydrogen-bond donors (Lipinski definition) is 3. The number of rotatable bonds is 87. The first kappa shape index (κ1) is 105. The number of carbonyl (C=O) groups excluding carboxylic acids is 4. The maximum absolute atomic E-state index is 13.2. The average molecular weight is 1560 g/mol. The van der Waals surface area contributed by atoms with E-state index in [0.29, 0.717) is 25.7 Å². The number of aliphatic hydroxyl groups excluding tert-OH is 1. The summed E-state index contributed by atoms with van der Waals surface area (Å²) in [6.45, 7) is 9.72. The largest absolute Gasteiger partial charge is 0.472 e. The number of esters is 4. The summed E-state index contributed by atoms with van der Waals surface area (Å²) in [4.78, 5) is 73.3. The van der Waals surface area contributed by atoms with E-state index in [2.05, 4.69) is 41.5 Å². The van der Waals surface area contributed by atoms with Gasteiger partial charge in [-0.05, 0) is 37.5 Å². The van der Waals surface area contributed by atoms with Crippen LogP contribution in [-0.4, -0.2) is 96.7 Å². The summed E-state index contributed by atoms with van der Waals surface area (Å²) in [5, 5.41) is 10.7. The third kappa shape index (κ3) is 81.9. The van der Waals surface area contributed by atoms with Crippen molar-refractivity contribution >= 4 is 39.5 Å². The molecular weight excluding hydrogens is 1390 g/mol. The van der Waals surface area contributed by atoms with Crippen molar-refractivity contribution in [3.63, 3.8) is 0 Å². The normalized spacial score (nSPS) is 13.8. The zero-order valence-electron chi connectivity index (χ0n) is 70.5. The van der Waals surface area contributed by atoms with Crippen LogP contribution in [0.3, 0.4) is 0 Å². The van der Waals surface area contributed by atoms with Gasteiger partial charge < -0.3 is 33.8 Å². The van der Waals surface area contributed by atoms with E-state index in [9.17, 15) is 43.2 Å². The van der Waals surface area contributed by atoms with Gasteiger partial charge in [0.25, 0.3) is 0 Å². The molecule has 0 saturated carbocycles. The molecule has 107 heavy (non-hydrogen) atoms. The molecule has 3 N–H and O–H groups in total. The summed E-state index contributed by atoms with van der Waals surface area (Å²) in [6.07, 6.45) is 72.3. The van der Waals surface area contributed by atoms with Crippen LogP contribution in [0.4, 0.5) is 0 Å². The van der Waals surface area contributed by atoms with Gasteiger partial charge in [-0.1, -0.05) is 420 Å². The van der Waals surface area contributed by atoms with E-state index in [0.717, 1.165) is 102 Å². The van der Waals surface area contributed by atoms with Gasteiger partial charge in [0.15, 0.2) is 12.2 Å². The van der Waals surface area contributed by atoms with Crippen LogP contribution in [0.25, 0.3) is 0 Å². The minimum Gasteiger partial charge on any atom is -0.462 e. The molecule has 0 fully saturated rings. The van der Waals surface area contributed by atoms with E-state index < -0.39 is 97.5 Å². The maximum atomic E-state index is 13.2. The van der Waals surface area contributed by atoms with Crippen LogP contribution in [0, 0.1) is 11.8 Å². The fourth-order valence-corrected chi connectivity index (χ4v) is 15.4. The van der Waals surface area contributed by atoms with Crippen LogP contribution in [0.5, 0.6) is 0 Å². The Kier molecular flexibility index (Phi) is 77.9. The Morgan fingerprint density at radius 2 is 0.430 bits per heavy atom. The first-order chi connectivity index (χ1) is 51.9. The number of phosphoric ester groups is 2. The minimum atomic E-state index is -4.97. The Bertz CT molecular complexity index is 2050. The lowest BCUT2D eigenvalue weighted by Gasteiger charge is -2.21. The van der Waals surface area contributed by atoms with Crippen molar-refractivity contribution in [2.24, 2.45) is 11.8 Å². The van der Waals surface area contributed by atoms with Gasteiger partial charge in [0.05, 0.1) is 26.4 Å². The van der Waals surface area contributed by atoms with Gasteiger partial charge in [-0.25, -0.2) is 9.13 Å². The van der Waals surface area contributed by atoms with E-state index in [1.165, 1.54) is 289 Å². The molecule has 0 amide bonds. The van der Waals surface area contributed by atoms with Gasteiger partial charge in [-0.15, -0.1) is 0 Å². The maximum Gasteiger partial charge on any atom is 0.472 e. The summed E-state index contributed by atoms with van der Waals surface area (Å²) in [7, 11) is -9.93. The Hall–Kier alpha value is -1.94. The summed E-state index contributed by atoms with van der Waals surface area (Å²) in [5.74, 6) is -0.501. The molecule has 0 aliphatic heterocycles. The first-order valence-electron chi connectivity index (χ1n) is 45.5. The zero-order chi connectivity index (χ0) is 78.5. The first-order valence-corrected chi connectivity index (χ1v) is 48.5. The van der Waals surface area contributed by atoms with Crippen molar-refractivity contribution in [1.82, 2.24) is 0 Å². The van der Waals surface area contributed by atoms with Gasteiger partial charge in [0.2, 0.25) is 0 Å². The van der Waals surface area contributed by atoms with Crippen molar-refractivity contribution in [1.29, 1.82) is 0 Å². The molecule has 0 bridgehead atoms. The number of carbonyl (C=O) groups is 4. The predicted octanol–water partition coefficient (Wildman–Crippen LogP) is 27.0. The molecule has 0 rings (SSSR count). The van der Waals surface area contributed by atoms with Crippen LogP contribution in [0.15, 0.2) is 0 Å². The van der Waals surface area contributed by atoms with Crippen LogP contribution < -0.4 is 0 Å². The molecule has 0 aromatic carbocycles. The quantitative estimate of drug-likeness (QED) is 0.0222. The van der Waals surface area contributed by atoms with E-state index in [-0.39, 0.29) is 25.7 Å². The summed E-state index contributed by atoms with van der Waals surface area (Å²) >= 11 is 0. The smallest absolute Gasteiger partial charge is 0.462 e. The number of hydrogen-bond acceptors (Lipinski definition) is 15. The summed E-state index contributed by atoms with van der Waals surface area (Å²) in [5.41, 5.74) is 0. The second kappa shape index (κ2) is 79.3. The lowest BCUT2D eigenvalue weighted by molar-refractivity contribution is -0.161. The Morgan fingerprint density at radius 1 is 0.252 bits per heavy atom. The highest BCUT2D eigenvalue weighted by atomic mass is 31.2. The highest BCUT2D eigenvalue weighted by molar-refractivity contribution is 7.47. The lowest BCUT2D eigenvalue weighted by atomic mass is 10.0. The standard InChI is InChI=1S/C88H172O17P2/c1-7-9-11-13-15-17-19-20-21-22-23-24-25-26-27-32-37-42-48-54-60-66-72-87(92)105-84(77-99-86(91)71-65-59-53-47-41-36-31-29-28-30-34-39-44-50-56-62-68-80(3)4)79-103-107(96,97)101-75-82(89)74-100-106(94,95)102-78-83(76-98-85(90)70-64-58-52-46-18-16-14-12-10-8-2)104-88(93)73-67-61-55-49-43-38-33-35-40-45-51-57-63-69-81(5)6/h80-84,89H,7-79H2,1-6H3,(H,94,95)(H,96,97)/t82-,83+,84+/m0/s1. The molecule has 0 radical (unpaired) electrons. The molecule has 0 saturated heterocycles. The van der Waals surface area contributed by atoms with Gasteiger partial charge >= 0.3 is 39.5 Å². The molecule has 0 aliphatic carbocycles. The third-order valence-corrected chi connectivity index (χ3v) is 22.6. The molecule has 5 atom stereocenters. The molecule has 0 aliphatic rings. The lowest BCUT2D eigenvalue weighted by Crippen LogP contribution is -2.30. The fraction of sp³-hybridized carbons (Fsp3) is 0.955. The molecular formula is C88H172O17P2. The number of ether oxygens (including phenoxy) is 4. The summed E-state index contributed by atoms with van der Waals surface area (Å²) in [6, 6.07) is 0. The van der Waals surface area contributed by atoms with Crippen molar-refractivity contribution in [3.05, 3.63) is 0 Å². The van der Waals surface area contributed by atoms with Gasteiger partial charge in [0, 0.05) is 25.7 Å². The molecule has 2 unspecified atom stereocenters. The third-order valence-electron chi connectivity index (χ3n) is 20.7. The van der Waals surface area contributed by atoms with Crippen LogP contribution >= 0.6 is 15.6 Å². The second-order valence-electron chi connectivity index (χ2n) is 32.6. The van der Waals surface area contributed by atoms with E-state index >= 15 is 0 Å². The number of aliphatic hydroxyl groups is 1. The molecule has 17 nitrogen and oxygen atoms in total. The zero-order valence-corrected chi connectivity index (χ0v) is 72.2. The highest BCUT2D eigenvalue weighted by Crippen LogP contribution is 2.45. The Balaban J connectivity index is 5.22. The van der Waals surface area contributed by atoms with Crippen molar-refractivity contribution in [2.75, 3.05) is 39.6 Å². The monoisotopic (exact) mass is 1560 g/mol. The molecule has 0 aromatic rings. The van der Waals surface area contributed by atoms with Crippen LogP contribution in [0.2, 0.25) is 0 Å². The van der Waals surface area contributed by atoms with E-state index in [1.807, 2.05) is 0 Å². The Labute approximate surface area is 658 Å². The van der Waals surface area contributed by atoms with Gasteiger partial charge in [-0.2, -0.15) is 0 Å². The van der Waals surface area contributed by atoms with Crippen LogP contribution in [-0.2, 0) is 65.4 Å². The molecule has 636 valence electrons. The molecule has 0 aromatic heterocycles. The van der Waals surface area contributed by atoms with E-state index in [1.54, 1.807) is 0 Å². The SMILES string of the molecule is CCCCCCCCCCCCCCCCCCCCCCCCC(=O)O[C@H](COC(=O)CCCCCCCCCCCCCCCCCCC(C)C)COP(=O)(O)OC[C@@H](O)COP(=O)(O)OC[C@@H](COC(=O)CCCCCCCCCCCC)OC(=O)CCCCCCCCCCCCCCCC(C)C. The topological polar surface area (TPSA) is 237 Å². The molecule has 0 heterocycles. The fourth-order valence-electron chi connectivity index (χ4n) is 13.8. The highest BCUT2D eigenvalue weighted by Gasteiger charge is 2.30. The average Bonchev–Trinajstić information content (AvgIpc) is 0.923.